The summed E-state index contributed by atoms with van der Waals surface area (Å²) in [6.45, 7) is 0. The lowest BCUT2D eigenvalue weighted by atomic mass is 9.89. The van der Waals surface area contributed by atoms with Crippen LogP contribution in [0.4, 0.5) is 0 Å². The Morgan fingerprint density at radius 1 is 1.53 bits per heavy atom. The molecule has 1 aromatic heterocycles. The molecule has 1 aliphatic rings. The van der Waals surface area contributed by atoms with E-state index in [1.165, 1.54) is 0 Å². The van der Waals surface area contributed by atoms with Gasteiger partial charge in [0, 0.05) is 31.5 Å². The van der Waals surface area contributed by atoms with Gasteiger partial charge in [-0.15, -0.1) is 0 Å². The second-order valence-electron chi connectivity index (χ2n) is 4.06. The molecule has 2 rings (SSSR count). The summed E-state index contributed by atoms with van der Waals surface area (Å²) >= 11 is 0. The van der Waals surface area contributed by atoms with Crippen molar-refractivity contribution in [2.24, 2.45) is 12.8 Å². The summed E-state index contributed by atoms with van der Waals surface area (Å²) < 4.78 is 27.9. The summed E-state index contributed by atoms with van der Waals surface area (Å²) in [5.74, 6) is 0. The fourth-order valence-electron chi connectivity index (χ4n) is 1.68. The van der Waals surface area contributed by atoms with Crippen LogP contribution < -0.4 is 10.5 Å². The van der Waals surface area contributed by atoms with Crippen molar-refractivity contribution in [3.05, 3.63) is 18.5 Å². The van der Waals surface area contributed by atoms with Crippen molar-refractivity contribution in [3.63, 3.8) is 0 Å². The van der Waals surface area contributed by atoms with Crippen LogP contribution in [0.2, 0.25) is 0 Å². The Bertz CT molecular complexity index is 446. The lowest BCUT2D eigenvalue weighted by Gasteiger charge is -2.32. The first kappa shape index (κ1) is 10.7. The molecule has 0 atom stereocenters. The van der Waals surface area contributed by atoms with E-state index in [1.54, 1.807) is 30.1 Å². The minimum absolute atomic E-state index is 0.00482. The van der Waals surface area contributed by atoms with E-state index in [4.69, 9.17) is 5.73 Å². The second-order valence-corrected chi connectivity index (χ2v) is 5.78. The maximum atomic E-state index is 11.8. The van der Waals surface area contributed by atoms with Crippen LogP contribution in [0.15, 0.2) is 23.4 Å². The molecule has 0 aliphatic heterocycles. The Kier molecular flexibility index (Phi) is 2.57. The van der Waals surface area contributed by atoms with Gasteiger partial charge in [0.05, 0.1) is 4.90 Å². The standard InChI is InChI=1S/C9H15N3O2S/c1-12-3-2-9(6-12)15(13,14)11-8-4-7(10)5-8/h2-3,6-8,11H,4-5,10H2,1H3. The number of nitrogens with two attached hydrogens (primary N) is 1. The number of aryl methyl sites for hydroxylation is 1. The summed E-state index contributed by atoms with van der Waals surface area (Å²) in [6.07, 6.45) is 4.75. The van der Waals surface area contributed by atoms with E-state index in [0.717, 1.165) is 12.8 Å². The molecule has 0 bridgehead atoms. The Balaban J connectivity index is 2.07. The summed E-state index contributed by atoms with van der Waals surface area (Å²) in [6, 6.07) is 1.74. The molecular formula is C9H15N3O2S. The highest BCUT2D eigenvalue weighted by molar-refractivity contribution is 7.89. The van der Waals surface area contributed by atoms with Crippen LogP contribution in [0.1, 0.15) is 12.8 Å². The van der Waals surface area contributed by atoms with E-state index in [-0.39, 0.29) is 12.1 Å². The molecule has 1 aliphatic carbocycles. The first-order valence-electron chi connectivity index (χ1n) is 4.87. The molecule has 5 nitrogen and oxygen atoms in total. The van der Waals surface area contributed by atoms with E-state index >= 15 is 0 Å². The molecule has 0 aromatic carbocycles. The summed E-state index contributed by atoms with van der Waals surface area (Å²) in [7, 11) is -1.56. The van der Waals surface area contributed by atoms with Gasteiger partial charge in [-0.25, -0.2) is 13.1 Å². The largest absolute Gasteiger partial charge is 0.356 e. The second kappa shape index (κ2) is 3.62. The number of hydrogen-bond donors (Lipinski definition) is 2. The van der Waals surface area contributed by atoms with E-state index in [2.05, 4.69) is 4.72 Å². The predicted octanol–water partition coefficient (Wildman–Crippen LogP) is -0.207. The molecule has 1 saturated carbocycles. The Morgan fingerprint density at radius 2 is 2.20 bits per heavy atom. The monoisotopic (exact) mass is 229 g/mol. The van der Waals surface area contributed by atoms with E-state index in [0.29, 0.717) is 4.90 Å². The normalized spacial score (nSPS) is 26.3. The number of nitrogens with zero attached hydrogens (tertiary/aromatic N) is 1. The third kappa shape index (κ3) is 2.22. The molecule has 15 heavy (non-hydrogen) atoms. The highest BCUT2D eigenvalue weighted by Gasteiger charge is 2.30. The quantitative estimate of drug-likeness (QED) is 0.753. The van der Waals surface area contributed by atoms with Crippen LogP contribution >= 0.6 is 0 Å². The first-order valence-corrected chi connectivity index (χ1v) is 6.35. The zero-order chi connectivity index (χ0) is 11.1. The summed E-state index contributed by atoms with van der Waals surface area (Å²) in [5, 5.41) is 0. The number of rotatable bonds is 3. The van der Waals surface area contributed by atoms with Crippen LogP contribution in [0.25, 0.3) is 0 Å². The van der Waals surface area contributed by atoms with Gasteiger partial charge < -0.3 is 10.3 Å². The van der Waals surface area contributed by atoms with E-state index < -0.39 is 10.0 Å². The zero-order valence-electron chi connectivity index (χ0n) is 8.55. The average Bonchev–Trinajstić information content (AvgIpc) is 2.49. The maximum Gasteiger partial charge on any atom is 0.242 e. The van der Waals surface area contributed by atoms with Gasteiger partial charge in [0.2, 0.25) is 10.0 Å². The molecule has 0 saturated heterocycles. The maximum absolute atomic E-state index is 11.8. The van der Waals surface area contributed by atoms with Gasteiger partial charge >= 0.3 is 0 Å². The Hall–Kier alpha value is -0.850. The molecule has 0 amide bonds. The van der Waals surface area contributed by atoms with Gasteiger partial charge in [0.25, 0.3) is 0 Å². The lowest BCUT2D eigenvalue weighted by Crippen LogP contribution is -2.50. The van der Waals surface area contributed by atoms with Crippen molar-refractivity contribution < 1.29 is 8.42 Å². The SMILES string of the molecule is Cn1ccc(S(=O)(=O)NC2CC(N)C2)c1. The van der Waals surface area contributed by atoms with Crippen LogP contribution in [0, 0.1) is 0 Å². The molecule has 84 valence electrons. The lowest BCUT2D eigenvalue weighted by molar-refractivity contribution is 0.327. The van der Waals surface area contributed by atoms with E-state index in [9.17, 15) is 8.42 Å². The summed E-state index contributed by atoms with van der Waals surface area (Å²) in [4.78, 5) is 0.311. The Labute approximate surface area is 89.3 Å². The predicted molar refractivity (Wildman–Crippen MR) is 56.7 cm³/mol. The number of aromatic nitrogens is 1. The highest BCUT2D eigenvalue weighted by Crippen LogP contribution is 2.20. The van der Waals surface area contributed by atoms with Crippen molar-refractivity contribution in [2.45, 2.75) is 29.8 Å². The third-order valence-electron chi connectivity index (χ3n) is 2.61. The topological polar surface area (TPSA) is 77.1 Å². The van der Waals surface area contributed by atoms with Gasteiger partial charge in [-0.3, -0.25) is 0 Å². The zero-order valence-corrected chi connectivity index (χ0v) is 9.37. The van der Waals surface area contributed by atoms with Crippen LogP contribution in [-0.2, 0) is 17.1 Å². The van der Waals surface area contributed by atoms with Gasteiger partial charge in [-0.1, -0.05) is 0 Å². The molecule has 1 fully saturated rings. The van der Waals surface area contributed by atoms with Gasteiger partial charge in [-0.2, -0.15) is 0 Å². The smallest absolute Gasteiger partial charge is 0.242 e. The molecular weight excluding hydrogens is 214 g/mol. The van der Waals surface area contributed by atoms with Gasteiger partial charge in [0.15, 0.2) is 0 Å². The highest BCUT2D eigenvalue weighted by atomic mass is 32.2. The fourth-order valence-corrected chi connectivity index (χ4v) is 2.99. The fraction of sp³-hybridized carbons (Fsp3) is 0.556. The van der Waals surface area contributed by atoms with Crippen LogP contribution in [0.5, 0.6) is 0 Å². The molecule has 1 heterocycles. The number of hydrogen-bond acceptors (Lipinski definition) is 3. The summed E-state index contributed by atoms with van der Waals surface area (Å²) in [5.41, 5.74) is 5.59. The average molecular weight is 229 g/mol. The van der Waals surface area contributed by atoms with Crippen LogP contribution in [-0.4, -0.2) is 25.1 Å². The van der Waals surface area contributed by atoms with Gasteiger partial charge in [-0.05, 0) is 18.9 Å². The minimum atomic E-state index is -3.35. The molecule has 0 unspecified atom stereocenters. The first-order chi connectivity index (χ1) is 6.97. The molecule has 1 aromatic rings. The third-order valence-corrected chi connectivity index (χ3v) is 4.12. The van der Waals surface area contributed by atoms with Crippen molar-refractivity contribution in [2.75, 3.05) is 0 Å². The van der Waals surface area contributed by atoms with Crippen molar-refractivity contribution in [3.8, 4) is 0 Å². The molecule has 0 radical (unpaired) electrons. The van der Waals surface area contributed by atoms with Gasteiger partial charge in [0.1, 0.15) is 0 Å². The van der Waals surface area contributed by atoms with Crippen molar-refractivity contribution >= 4 is 10.0 Å². The minimum Gasteiger partial charge on any atom is -0.356 e. The van der Waals surface area contributed by atoms with Crippen LogP contribution in [0.3, 0.4) is 0 Å². The molecule has 6 heteroatoms. The van der Waals surface area contributed by atoms with Crippen molar-refractivity contribution in [1.82, 2.24) is 9.29 Å². The van der Waals surface area contributed by atoms with Crippen molar-refractivity contribution in [1.29, 1.82) is 0 Å². The number of nitrogens with one attached hydrogen (secondary N) is 1. The molecule has 3 N–H and O–H groups in total. The molecule has 0 spiro atoms. The van der Waals surface area contributed by atoms with E-state index in [1.807, 2.05) is 0 Å². The Morgan fingerprint density at radius 3 is 2.67 bits per heavy atom. The number of sulfonamides is 1.